The molecule has 0 saturated carbocycles. The van der Waals surface area contributed by atoms with Gasteiger partial charge in [-0.25, -0.2) is 4.98 Å². The van der Waals surface area contributed by atoms with Crippen LogP contribution in [0.15, 0.2) is 24.7 Å². The molecular weight excluding hydrogens is 212 g/mol. The van der Waals surface area contributed by atoms with Crippen molar-refractivity contribution in [3.63, 3.8) is 0 Å². The van der Waals surface area contributed by atoms with Gasteiger partial charge >= 0.3 is 0 Å². The van der Waals surface area contributed by atoms with Crippen molar-refractivity contribution in [3.8, 4) is 11.4 Å². The first kappa shape index (κ1) is 11.8. The largest absolute Gasteiger partial charge is 0.261 e. The summed E-state index contributed by atoms with van der Waals surface area (Å²) in [5.74, 6) is 0.736. The minimum atomic E-state index is 0.736. The van der Waals surface area contributed by atoms with Gasteiger partial charge in [-0.2, -0.15) is 5.10 Å². The van der Waals surface area contributed by atoms with Crippen LogP contribution in [0.2, 0.25) is 0 Å². The summed E-state index contributed by atoms with van der Waals surface area (Å²) < 4.78 is 1.70. The topological polar surface area (TPSA) is 43.6 Å². The van der Waals surface area contributed by atoms with Crippen molar-refractivity contribution in [1.29, 1.82) is 0 Å². The van der Waals surface area contributed by atoms with Crippen LogP contribution in [0.1, 0.15) is 31.9 Å². The Morgan fingerprint density at radius 1 is 1.18 bits per heavy atom. The van der Waals surface area contributed by atoms with Gasteiger partial charge in [-0.15, -0.1) is 0 Å². The third-order valence-corrected chi connectivity index (χ3v) is 2.72. The van der Waals surface area contributed by atoms with Crippen LogP contribution < -0.4 is 0 Å². The van der Waals surface area contributed by atoms with Crippen molar-refractivity contribution in [1.82, 2.24) is 19.7 Å². The van der Waals surface area contributed by atoms with Gasteiger partial charge in [-0.05, 0) is 25.0 Å². The molecule has 2 heterocycles. The van der Waals surface area contributed by atoms with Gasteiger partial charge in [0, 0.05) is 24.5 Å². The second-order valence-electron chi connectivity index (χ2n) is 4.24. The van der Waals surface area contributed by atoms with Gasteiger partial charge < -0.3 is 0 Å². The molecular formula is C13H18N4. The Morgan fingerprint density at radius 3 is 2.65 bits per heavy atom. The third-order valence-electron chi connectivity index (χ3n) is 2.72. The maximum absolute atomic E-state index is 4.45. The molecule has 2 aromatic heterocycles. The SMILES string of the molecule is CCCCCc1ccc(-c2ncn(C)n2)cn1. The molecule has 0 N–H and O–H groups in total. The second-order valence-corrected chi connectivity index (χ2v) is 4.24. The molecule has 0 fully saturated rings. The van der Waals surface area contributed by atoms with Crippen LogP contribution in [-0.4, -0.2) is 19.7 Å². The molecule has 4 heteroatoms. The first-order chi connectivity index (χ1) is 8.29. The van der Waals surface area contributed by atoms with Crippen LogP contribution in [0.5, 0.6) is 0 Å². The Hall–Kier alpha value is -1.71. The Balaban J connectivity index is 2.02. The molecule has 0 aliphatic rings. The van der Waals surface area contributed by atoms with Gasteiger partial charge in [0.25, 0.3) is 0 Å². The molecule has 0 atom stereocenters. The van der Waals surface area contributed by atoms with E-state index in [1.54, 1.807) is 11.0 Å². The lowest BCUT2D eigenvalue weighted by atomic mass is 10.1. The fourth-order valence-corrected chi connectivity index (χ4v) is 1.73. The number of hydrogen-bond acceptors (Lipinski definition) is 3. The van der Waals surface area contributed by atoms with Gasteiger partial charge in [0.1, 0.15) is 6.33 Å². The predicted octanol–water partition coefficient (Wildman–Crippen LogP) is 2.61. The molecule has 17 heavy (non-hydrogen) atoms. The van der Waals surface area contributed by atoms with Gasteiger partial charge in [0.15, 0.2) is 5.82 Å². The Kier molecular flexibility index (Phi) is 3.85. The average Bonchev–Trinajstić information content (AvgIpc) is 2.77. The first-order valence-corrected chi connectivity index (χ1v) is 6.10. The minimum absolute atomic E-state index is 0.736. The number of unbranched alkanes of at least 4 members (excludes halogenated alkanes) is 2. The highest BCUT2D eigenvalue weighted by Gasteiger charge is 2.03. The molecule has 90 valence electrons. The standard InChI is InChI=1S/C13H18N4/c1-3-4-5-6-12-8-7-11(9-14-12)13-15-10-17(2)16-13/h7-10H,3-6H2,1-2H3. The Bertz CT molecular complexity index is 459. The molecule has 0 unspecified atom stereocenters. The van der Waals surface area contributed by atoms with Crippen LogP contribution >= 0.6 is 0 Å². The van der Waals surface area contributed by atoms with E-state index in [4.69, 9.17) is 0 Å². The smallest absolute Gasteiger partial charge is 0.182 e. The summed E-state index contributed by atoms with van der Waals surface area (Å²) in [5.41, 5.74) is 2.13. The number of rotatable bonds is 5. The van der Waals surface area contributed by atoms with E-state index in [1.165, 1.54) is 19.3 Å². The van der Waals surface area contributed by atoms with E-state index in [0.29, 0.717) is 0 Å². The summed E-state index contributed by atoms with van der Waals surface area (Å²) in [5, 5.41) is 4.25. The lowest BCUT2D eigenvalue weighted by Gasteiger charge is -2.00. The van der Waals surface area contributed by atoms with Crippen LogP contribution in [0.4, 0.5) is 0 Å². The van der Waals surface area contributed by atoms with Crippen LogP contribution in [0.25, 0.3) is 11.4 Å². The number of nitrogens with zero attached hydrogens (tertiary/aromatic N) is 4. The molecule has 0 bridgehead atoms. The monoisotopic (exact) mass is 230 g/mol. The third kappa shape index (κ3) is 3.12. The van der Waals surface area contributed by atoms with Crippen molar-refractivity contribution in [2.75, 3.05) is 0 Å². The molecule has 0 saturated heterocycles. The van der Waals surface area contributed by atoms with Crippen LogP contribution in [0, 0.1) is 0 Å². The van der Waals surface area contributed by atoms with E-state index in [1.807, 2.05) is 19.3 Å². The van der Waals surface area contributed by atoms with Crippen LogP contribution in [0.3, 0.4) is 0 Å². The van der Waals surface area contributed by atoms with E-state index in [-0.39, 0.29) is 0 Å². The Morgan fingerprint density at radius 2 is 2.06 bits per heavy atom. The van der Waals surface area contributed by atoms with Gasteiger partial charge in [-0.3, -0.25) is 9.67 Å². The van der Waals surface area contributed by atoms with Crippen molar-refractivity contribution >= 4 is 0 Å². The highest BCUT2D eigenvalue weighted by molar-refractivity contribution is 5.52. The normalized spacial score (nSPS) is 10.7. The summed E-state index contributed by atoms with van der Waals surface area (Å²) in [6.07, 6.45) is 8.34. The number of hydrogen-bond donors (Lipinski definition) is 0. The van der Waals surface area contributed by atoms with E-state index < -0.39 is 0 Å². The van der Waals surface area contributed by atoms with E-state index in [0.717, 1.165) is 23.5 Å². The number of aryl methyl sites for hydroxylation is 2. The molecule has 4 nitrogen and oxygen atoms in total. The summed E-state index contributed by atoms with van der Waals surface area (Å²) >= 11 is 0. The fourth-order valence-electron chi connectivity index (χ4n) is 1.73. The molecule has 0 spiro atoms. The highest BCUT2D eigenvalue weighted by Crippen LogP contribution is 2.13. The van der Waals surface area contributed by atoms with Gasteiger partial charge in [-0.1, -0.05) is 19.8 Å². The molecule has 0 aromatic carbocycles. The molecule has 0 aliphatic heterocycles. The summed E-state index contributed by atoms with van der Waals surface area (Å²) in [7, 11) is 1.86. The van der Waals surface area contributed by atoms with Crippen molar-refractivity contribution in [3.05, 3.63) is 30.4 Å². The summed E-state index contributed by atoms with van der Waals surface area (Å²) in [4.78, 5) is 8.65. The van der Waals surface area contributed by atoms with Crippen molar-refractivity contribution in [2.24, 2.45) is 7.05 Å². The highest BCUT2D eigenvalue weighted by atomic mass is 15.3. The molecule has 2 rings (SSSR count). The lowest BCUT2D eigenvalue weighted by molar-refractivity contribution is 0.707. The van der Waals surface area contributed by atoms with E-state index in [2.05, 4.69) is 28.1 Å². The zero-order valence-corrected chi connectivity index (χ0v) is 10.4. The van der Waals surface area contributed by atoms with Gasteiger partial charge in [0.2, 0.25) is 0 Å². The zero-order chi connectivity index (χ0) is 12.1. The lowest BCUT2D eigenvalue weighted by Crippen LogP contribution is -1.92. The average molecular weight is 230 g/mol. The summed E-state index contributed by atoms with van der Waals surface area (Å²) in [6.45, 7) is 2.21. The predicted molar refractivity (Wildman–Crippen MR) is 67.5 cm³/mol. The molecule has 0 aliphatic carbocycles. The van der Waals surface area contributed by atoms with E-state index in [9.17, 15) is 0 Å². The van der Waals surface area contributed by atoms with Crippen molar-refractivity contribution < 1.29 is 0 Å². The van der Waals surface area contributed by atoms with Crippen LogP contribution in [-0.2, 0) is 13.5 Å². The molecule has 0 amide bonds. The fraction of sp³-hybridized carbons (Fsp3) is 0.462. The molecule has 2 aromatic rings. The Labute approximate surface area is 102 Å². The quantitative estimate of drug-likeness (QED) is 0.741. The summed E-state index contributed by atoms with van der Waals surface area (Å²) in [6, 6.07) is 4.12. The van der Waals surface area contributed by atoms with Gasteiger partial charge in [0.05, 0.1) is 0 Å². The first-order valence-electron chi connectivity index (χ1n) is 6.10. The maximum Gasteiger partial charge on any atom is 0.182 e. The number of pyridine rings is 1. The molecule has 0 radical (unpaired) electrons. The zero-order valence-electron chi connectivity index (χ0n) is 10.4. The number of aromatic nitrogens is 4. The van der Waals surface area contributed by atoms with Crippen molar-refractivity contribution in [2.45, 2.75) is 32.6 Å². The minimum Gasteiger partial charge on any atom is -0.261 e. The second kappa shape index (κ2) is 5.57. The maximum atomic E-state index is 4.45. The van der Waals surface area contributed by atoms with E-state index >= 15 is 0 Å².